The molecule has 0 fully saturated rings. The van der Waals surface area contributed by atoms with Crippen LogP contribution in [0.3, 0.4) is 0 Å². The van der Waals surface area contributed by atoms with Crippen molar-refractivity contribution in [3.05, 3.63) is 39.9 Å². The highest BCUT2D eigenvalue weighted by molar-refractivity contribution is 5.74. The number of aliphatic hydroxyl groups is 1. The Kier molecular flexibility index (Phi) is 6.61. The van der Waals surface area contributed by atoms with E-state index in [0.717, 1.165) is 0 Å². The van der Waals surface area contributed by atoms with Gasteiger partial charge in [0.15, 0.2) is 0 Å². The number of rotatable bonds is 7. The van der Waals surface area contributed by atoms with Crippen LogP contribution in [0.25, 0.3) is 0 Å². The number of carbonyl (C=O) groups is 1. The van der Waals surface area contributed by atoms with Gasteiger partial charge in [-0.2, -0.15) is 0 Å². The maximum Gasteiger partial charge on any atom is 0.315 e. The molecular weight excluding hydrogens is 274 g/mol. The standard InChI is InChI=1S/C14H21N3O4/c1-3-13(16-14(19)15-10(2)7-8-18)11-5-4-6-12(9-11)17(20)21/h4-6,9-10,13,18H,3,7-8H2,1-2H3,(H2,15,16,19)/t10-,13?/m1/s1. The summed E-state index contributed by atoms with van der Waals surface area (Å²) >= 11 is 0. The number of nitrogens with zero attached hydrogens (tertiary/aromatic N) is 1. The molecule has 0 aromatic heterocycles. The molecule has 7 nitrogen and oxygen atoms in total. The second-order valence-electron chi connectivity index (χ2n) is 4.84. The smallest absolute Gasteiger partial charge is 0.315 e. The Morgan fingerprint density at radius 1 is 1.43 bits per heavy atom. The van der Waals surface area contributed by atoms with Gasteiger partial charge in [-0.3, -0.25) is 10.1 Å². The topological polar surface area (TPSA) is 104 Å². The molecule has 0 aliphatic rings. The highest BCUT2D eigenvalue weighted by Gasteiger charge is 2.16. The Labute approximate surface area is 123 Å². The summed E-state index contributed by atoms with van der Waals surface area (Å²) in [7, 11) is 0. The first-order valence-corrected chi connectivity index (χ1v) is 6.90. The third-order valence-electron chi connectivity index (χ3n) is 3.14. The SMILES string of the molecule is CCC(NC(=O)N[C@H](C)CCO)c1cccc([N+](=O)[O-])c1. The van der Waals surface area contributed by atoms with Crippen molar-refractivity contribution in [1.82, 2.24) is 10.6 Å². The molecule has 3 N–H and O–H groups in total. The fourth-order valence-electron chi connectivity index (χ4n) is 1.97. The van der Waals surface area contributed by atoms with E-state index >= 15 is 0 Å². The number of aliphatic hydroxyl groups excluding tert-OH is 1. The monoisotopic (exact) mass is 295 g/mol. The average Bonchev–Trinajstić information content (AvgIpc) is 2.45. The van der Waals surface area contributed by atoms with Crippen LogP contribution >= 0.6 is 0 Å². The lowest BCUT2D eigenvalue weighted by Gasteiger charge is -2.20. The molecule has 1 aromatic carbocycles. The van der Waals surface area contributed by atoms with E-state index in [-0.39, 0.29) is 30.4 Å². The van der Waals surface area contributed by atoms with Gasteiger partial charge in [-0.05, 0) is 25.3 Å². The summed E-state index contributed by atoms with van der Waals surface area (Å²) in [5.41, 5.74) is 0.693. The first-order chi connectivity index (χ1) is 9.97. The predicted molar refractivity (Wildman–Crippen MR) is 79.0 cm³/mol. The van der Waals surface area contributed by atoms with Gasteiger partial charge in [0.05, 0.1) is 11.0 Å². The van der Waals surface area contributed by atoms with E-state index in [4.69, 9.17) is 5.11 Å². The zero-order valence-electron chi connectivity index (χ0n) is 12.2. The van der Waals surface area contributed by atoms with Crippen LogP contribution in [0.1, 0.15) is 38.3 Å². The number of nitro groups is 1. The van der Waals surface area contributed by atoms with E-state index in [1.54, 1.807) is 19.1 Å². The van der Waals surface area contributed by atoms with Crippen LogP contribution < -0.4 is 10.6 Å². The van der Waals surface area contributed by atoms with Crippen molar-refractivity contribution in [2.75, 3.05) is 6.61 Å². The maximum atomic E-state index is 11.9. The number of non-ortho nitro benzene ring substituents is 1. The molecule has 2 amide bonds. The molecule has 0 heterocycles. The lowest BCUT2D eigenvalue weighted by molar-refractivity contribution is -0.384. The van der Waals surface area contributed by atoms with Gasteiger partial charge in [0.1, 0.15) is 0 Å². The molecule has 0 saturated carbocycles. The zero-order chi connectivity index (χ0) is 15.8. The van der Waals surface area contributed by atoms with Crippen molar-refractivity contribution < 1.29 is 14.8 Å². The Balaban J connectivity index is 2.72. The van der Waals surface area contributed by atoms with Gasteiger partial charge in [-0.15, -0.1) is 0 Å². The van der Waals surface area contributed by atoms with Crippen LogP contribution in [-0.2, 0) is 0 Å². The van der Waals surface area contributed by atoms with Crippen LogP contribution in [0.4, 0.5) is 10.5 Å². The van der Waals surface area contributed by atoms with Gasteiger partial charge in [0.2, 0.25) is 0 Å². The molecule has 0 aliphatic carbocycles. The fraction of sp³-hybridized carbons (Fsp3) is 0.500. The summed E-state index contributed by atoms with van der Waals surface area (Å²) < 4.78 is 0. The largest absolute Gasteiger partial charge is 0.396 e. The minimum Gasteiger partial charge on any atom is -0.396 e. The van der Waals surface area contributed by atoms with Crippen molar-refractivity contribution in [3.63, 3.8) is 0 Å². The molecule has 1 unspecified atom stereocenters. The van der Waals surface area contributed by atoms with Crippen LogP contribution in [0, 0.1) is 10.1 Å². The second kappa shape index (κ2) is 8.21. The molecule has 0 aliphatic heterocycles. The summed E-state index contributed by atoms with van der Waals surface area (Å²) in [6.07, 6.45) is 1.09. The molecule has 0 bridgehead atoms. The summed E-state index contributed by atoms with van der Waals surface area (Å²) in [5.74, 6) is 0. The highest BCUT2D eigenvalue weighted by Crippen LogP contribution is 2.21. The first-order valence-electron chi connectivity index (χ1n) is 6.90. The third-order valence-corrected chi connectivity index (χ3v) is 3.14. The van der Waals surface area contributed by atoms with Crippen LogP contribution in [0.2, 0.25) is 0 Å². The molecular formula is C14H21N3O4. The summed E-state index contributed by atoms with van der Waals surface area (Å²) in [4.78, 5) is 22.2. The number of hydrogen-bond acceptors (Lipinski definition) is 4. The summed E-state index contributed by atoms with van der Waals surface area (Å²) in [6.45, 7) is 3.69. The number of amides is 2. The molecule has 1 rings (SSSR count). The number of nitrogens with one attached hydrogen (secondary N) is 2. The number of hydrogen-bond donors (Lipinski definition) is 3. The van der Waals surface area contributed by atoms with Crippen LogP contribution in [0.15, 0.2) is 24.3 Å². The summed E-state index contributed by atoms with van der Waals surface area (Å²) in [5, 5.41) is 25.1. The van der Waals surface area contributed by atoms with Crippen molar-refractivity contribution in [2.24, 2.45) is 0 Å². The second-order valence-corrected chi connectivity index (χ2v) is 4.84. The average molecular weight is 295 g/mol. The van der Waals surface area contributed by atoms with E-state index in [9.17, 15) is 14.9 Å². The Morgan fingerprint density at radius 2 is 2.14 bits per heavy atom. The number of carbonyl (C=O) groups excluding carboxylic acids is 1. The van der Waals surface area contributed by atoms with E-state index in [1.807, 2.05) is 6.92 Å². The third kappa shape index (κ3) is 5.39. The Hall–Kier alpha value is -2.15. The van der Waals surface area contributed by atoms with E-state index in [0.29, 0.717) is 18.4 Å². The predicted octanol–water partition coefficient (Wildman–Crippen LogP) is 2.12. The van der Waals surface area contributed by atoms with Crippen molar-refractivity contribution in [3.8, 4) is 0 Å². The molecule has 21 heavy (non-hydrogen) atoms. The van der Waals surface area contributed by atoms with E-state index in [2.05, 4.69) is 10.6 Å². The fourth-order valence-corrected chi connectivity index (χ4v) is 1.97. The van der Waals surface area contributed by atoms with Crippen molar-refractivity contribution >= 4 is 11.7 Å². The molecule has 1 aromatic rings. The van der Waals surface area contributed by atoms with Crippen LogP contribution in [0.5, 0.6) is 0 Å². The maximum absolute atomic E-state index is 11.9. The van der Waals surface area contributed by atoms with Gasteiger partial charge in [-0.25, -0.2) is 4.79 Å². The molecule has 2 atom stereocenters. The molecule has 0 spiro atoms. The Morgan fingerprint density at radius 3 is 2.71 bits per heavy atom. The van der Waals surface area contributed by atoms with Crippen LogP contribution in [-0.4, -0.2) is 28.7 Å². The van der Waals surface area contributed by atoms with Gasteiger partial charge in [0.25, 0.3) is 5.69 Å². The Bertz CT molecular complexity index is 493. The zero-order valence-corrected chi connectivity index (χ0v) is 12.2. The highest BCUT2D eigenvalue weighted by atomic mass is 16.6. The number of urea groups is 1. The van der Waals surface area contributed by atoms with Gasteiger partial charge < -0.3 is 15.7 Å². The number of benzene rings is 1. The lowest BCUT2D eigenvalue weighted by atomic mass is 10.0. The lowest BCUT2D eigenvalue weighted by Crippen LogP contribution is -2.42. The van der Waals surface area contributed by atoms with E-state index in [1.165, 1.54) is 12.1 Å². The van der Waals surface area contributed by atoms with E-state index < -0.39 is 4.92 Å². The first kappa shape index (κ1) is 16.9. The normalized spacial score (nSPS) is 13.3. The van der Waals surface area contributed by atoms with Crippen molar-refractivity contribution in [2.45, 2.75) is 38.8 Å². The van der Waals surface area contributed by atoms with Gasteiger partial charge >= 0.3 is 6.03 Å². The minimum absolute atomic E-state index is 0.00167. The molecule has 7 heteroatoms. The summed E-state index contributed by atoms with van der Waals surface area (Å²) in [6, 6.07) is 5.44. The minimum atomic E-state index is -0.459. The molecule has 0 radical (unpaired) electrons. The molecule has 116 valence electrons. The quantitative estimate of drug-likeness (QED) is 0.529. The van der Waals surface area contributed by atoms with Gasteiger partial charge in [0, 0.05) is 24.8 Å². The molecule has 0 saturated heterocycles. The van der Waals surface area contributed by atoms with Crippen molar-refractivity contribution in [1.29, 1.82) is 0 Å². The van der Waals surface area contributed by atoms with Gasteiger partial charge in [-0.1, -0.05) is 19.1 Å². The number of nitro benzene ring substituents is 1.